The molecule has 86 valence electrons. The van der Waals surface area contributed by atoms with E-state index in [2.05, 4.69) is 33.0 Å². The zero-order valence-electron chi connectivity index (χ0n) is 9.45. The van der Waals surface area contributed by atoms with E-state index >= 15 is 0 Å². The molecule has 4 nitrogen and oxygen atoms in total. The van der Waals surface area contributed by atoms with Crippen LogP contribution in [0.5, 0.6) is 0 Å². The Bertz CT molecular complexity index is 339. The zero-order valence-corrected chi connectivity index (χ0v) is 9.45. The predicted molar refractivity (Wildman–Crippen MR) is 63.5 cm³/mol. The highest BCUT2D eigenvalue weighted by Gasteiger charge is 2.21. The van der Waals surface area contributed by atoms with Crippen LogP contribution in [0.1, 0.15) is 37.3 Å². The quantitative estimate of drug-likeness (QED) is 0.807. The second-order valence-electron chi connectivity index (χ2n) is 4.81. The highest BCUT2D eigenvalue weighted by Crippen LogP contribution is 2.34. The van der Waals surface area contributed by atoms with Crippen LogP contribution in [0, 0.1) is 0 Å². The van der Waals surface area contributed by atoms with Gasteiger partial charge in [-0.05, 0) is 37.9 Å². The molecule has 16 heavy (non-hydrogen) atoms. The third kappa shape index (κ3) is 2.02. The van der Waals surface area contributed by atoms with Gasteiger partial charge in [-0.15, -0.1) is 5.10 Å². The van der Waals surface area contributed by atoms with E-state index in [1.165, 1.54) is 31.4 Å². The predicted octanol–water partition coefficient (Wildman–Crippen LogP) is 1.52. The monoisotopic (exact) mass is 218 g/mol. The third-order valence-corrected chi connectivity index (χ3v) is 3.62. The van der Waals surface area contributed by atoms with Crippen LogP contribution in [-0.4, -0.2) is 29.3 Å². The van der Waals surface area contributed by atoms with Crippen molar-refractivity contribution < 1.29 is 0 Å². The lowest BCUT2D eigenvalue weighted by molar-refractivity contribution is 0.408. The first-order valence-corrected chi connectivity index (χ1v) is 6.23. The van der Waals surface area contributed by atoms with Gasteiger partial charge in [0.2, 0.25) is 0 Å². The van der Waals surface area contributed by atoms with Crippen LogP contribution in [0.2, 0.25) is 0 Å². The summed E-state index contributed by atoms with van der Waals surface area (Å²) in [7, 11) is 0. The van der Waals surface area contributed by atoms with Gasteiger partial charge in [-0.2, -0.15) is 5.10 Å². The summed E-state index contributed by atoms with van der Waals surface area (Å²) in [4.78, 5) is 0. The van der Waals surface area contributed by atoms with Crippen LogP contribution in [0.4, 0.5) is 5.82 Å². The fourth-order valence-corrected chi connectivity index (χ4v) is 2.33. The minimum atomic E-state index is 0.517. The Morgan fingerprint density at radius 2 is 2.12 bits per heavy atom. The van der Waals surface area contributed by atoms with Crippen LogP contribution in [0.3, 0.4) is 0 Å². The van der Waals surface area contributed by atoms with Gasteiger partial charge < -0.3 is 10.6 Å². The van der Waals surface area contributed by atoms with Gasteiger partial charge >= 0.3 is 0 Å². The standard InChI is InChI=1S/C12H18N4/c1-2-9(3-1)11-4-5-12(16-15-11)14-10-6-7-13-8-10/h4-5,9-10,13H,1-3,6-8H2,(H,14,16). The number of nitrogens with one attached hydrogen (secondary N) is 2. The molecule has 0 radical (unpaired) electrons. The molecule has 1 saturated carbocycles. The van der Waals surface area contributed by atoms with Gasteiger partial charge in [0.25, 0.3) is 0 Å². The second-order valence-corrected chi connectivity index (χ2v) is 4.81. The maximum Gasteiger partial charge on any atom is 0.148 e. The van der Waals surface area contributed by atoms with Gasteiger partial charge in [-0.25, -0.2) is 0 Å². The molecule has 2 heterocycles. The SMILES string of the molecule is c1cc(C2CCC2)nnc1NC1CCNC1. The number of hydrogen-bond donors (Lipinski definition) is 2. The Hall–Kier alpha value is -1.16. The molecule has 4 heteroatoms. The molecule has 0 aromatic carbocycles. The molecule has 2 N–H and O–H groups in total. The highest BCUT2D eigenvalue weighted by atomic mass is 15.2. The average Bonchev–Trinajstić information content (AvgIpc) is 2.71. The molecular weight excluding hydrogens is 200 g/mol. The maximum atomic E-state index is 4.31. The largest absolute Gasteiger partial charge is 0.365 e. The Labute approximate surface area is 95.8 Å². The van der Waals surface area contributed by atoms with Crippen LogP contribution >= 0.6 is 0 Å². The third-order valence-electron chi connectivity index (χ3n) is 3.62. The van der Waals surface area contributed by atoms with Crippen molar-refractivity contribution in [1.29, 1.82) is 0 Å². The number of nitrogens with zero attached hydrogens (tertiary/aromatic N) is 2. The van der Waals surface area contributed by atoms with Crippen LogP contribution in [0.15, 0.2) is 12.1 Å². The second kappa shape index (κ2) is 4.37. The normalized spacial score (nSPS) is 25.4. The number of anilines is 1. The number of hydrogen-bond acceptors (Lipinski definition) is 4. The number of rotatable bonds is 3. The van der Waals surface area contributed by atoms with Gasteiger partial charge in [-0.3, -0.25) is 0 Å². The first-order valence-electron chi connectivity index (χ1n) is 6.23. The molecule has 1 saturated heterocycles. The van der Waals surface area contributed by atoms with Crippen molar-refractivity contribution in [2.75, 3.05) is 18.4 Å². The lowest BCUT2D eigenvalue weighted by Crippen LogP contribution is -2.23. The van der Waals surface area contributed by atoms with E-state index in [4.69, 9.17) is 0 Å². The zero-order chi connectivity index (χ0) is 10.8. The summed E-state index contributed by atoms with van der Waals surface area (Å²) in [6.07, 6.45) is 5.09. The Morgan fingerprint density at radius 1 is 1.19 bits per heavy atom. The fraction of sp³-hybridized carbons (Fsp3) is 0.667. The van der Waals surface area contributed by atoms with Crippen LogP contribution < -0.4 is 10.6 Å². The molecule has 1 unspecified atom stereocenters. The summed E-state index contributed by atoms with van der Waals surface area (Å²) in [5, 5.41) is 15.3. The highest BCUT2D eigenvalue weighted by molar-refractivity contribution is 5.35. The Kier molecular flexibility index (Phi) is 2.74. The lowest BCUT2D eigenvalue weighted by atomic mass is 9.83. The minimum absolute atomic E-state index is 0.517. The molecule has 2 aliphatic rings. The van der Waals surface area contributed by atoms with Crippen LogP contribution in [0.25, 0.3) is 0 Å². The van der Waals surface area contributed by atoms with Crippen LogP contribution in [-0.2, 0) is 0 Å². The molecule has 1 atom stereocenters. The smallest absolute Gasteiger partial charge is 0.148 e. The molecule has 1 aromatic rings. The van der Waals surface area contributed by atoms with Gasteiger partial charge in [0, 0.05) is 18.5 Å². The van der Waals surface area contributed by atoms with Gasteiger partial charge in [-0.1, -0.05) is 6.42 Å². The summed E-state index contributed by atoms with van der Waals surface area (Å²) in [6, 6.07) is 4.71. The summed E-state index contributed by atoms with van der Waals surface area (Å²) in [5.41, 5.74) is 1.17. The van der Waals surface area contributed by atoms with Gasteiger partial charge in [0.15, 0.2) is 0 Å². The van der Waals surface area contributed by atoms with E-state index in [1.54, 1.807) is 0 Å². The van der Waals surface area contributed by atoms with Crippen molar-refractivity contribution in [1.82, 2.24) is 15.5 Å². The van der Waals surface area contributed by atoms with E-state index < -0.39 is 0 Å². The van der Waals surface area contributed by atoms with Crippen molar-refractivity contribution >= 4 is 5.82 Å². The molecule has 1 aliphatic carbocycles. The minimum Gasteiger partial charge on any atom is -0.365 e. The molecule has 3 rings (SSSR count). The Morgan fingerprint density at radius 3 is 2.69 bits per heavy atom. The molecule has 0 bridgehead atoms. The van der Waals surface area contributed by atoms with E-state index in [-0.39, 0.29) is 0 Å². The maximum absolute atomic E-state index is 4.31. The Balaban J connectivity index is 1.62. The molecular formula is C12H18N4. The van der Waals surface area contributed by atoms with Crippen molar-refractivity contribution in [3.05, 3.63) is 17.8 Å². The molecule has 2 fully saturated rings. The van der Waals surface area contributed by atoms with E-state index in [0.717, 1.165) is 18.9 Å². The lowest BCUT2D eigenvalue weighted by Gasteiger charge is -2.24. The molecule has 1 aromatic heterocycles. The molecule has 0 spiro atoms. The van der Waals surface area contributed by atoms with E-state index in [1.807, 2.05) is 0 Å². The van der Waals surface area contributed by atoms with E-state index in [0.29, 0.717) is 12.0 Å². The summed E-state index contributed by atoms with van der Waals surface area (Å²) < 4.78 is 0. The fourth-order valence-electron chi connectivity index (χ4n) is 2.33. The topological polar surface area (TPSA) is 49.8 Å². The van der Waals surface area contributed by atoms with E-state index in [9.17, 15) is 0 Å². The van der Waals surface area contributed by atoms with Crippen molar-refractivity contribution in [3.63, 3.8) is 0 Å². The molecule has 0 amide bonds. The van der Waals surface area contributed by atoms with Crippen molar-refractivity contribution in [2.24, 2.45) is 0 Å². The summed E-state index contributed by atoms with van der Waals surface area (Å²) in [5.74, 6) is 1.59. The first-order chi connectivity index (χ1) is 7.92. The van der Waals surface area contributed by atoms with Crippen molar-refractivity contribution in [3.8, 4) is 0 Å². The van der Waals surface area contributed by atoms with Crippen molar-refractivity contribution in [2.45, 2.75) is 37.6 Å². The molecule has 1 aliphatic heterocycles. The summed E-state index contributed by atoms with van der Waals surface area (Å²) in [6.45, 7) is 2.14. The van der Waals surface area contributed by atoms with Gasteiger partial charge in [0.1, 0.15) is 5.82 Å². The summed E-state index contributed by atoms with van der Waals surface area (Å²) >= 11 is 0. The number of aromatic nitrogens is 2. The first kappa shape index (κ1) is 10.0. The average molecular weight is 218 g/mol. The van der Waals surface area contributed by atoms with Gasteiger partial charge in [0.05, 0.1) is 5.69 Å².